The molecule has 0 bridgehead atoms. The number of hydrogen-bond donors (Lipinski definition) is 1. The van der Waals surface area contributed by atoms with Gasteiger partial charge in [0, 0.05) is 52.2 Å². The van der Waals surface area contributed by atoms with Gasteiger partial charge in [0.15, 0.2) is 0 Å². The number of carbonyl (C=O) groups is 1. The zero-order valence-electron chi connectivity index (χ0n) is 14.2. The van der Waals surface area contributed by atoms with Crippen molar-refractivity contribution in [1.29, 1.82) is 0 Å². The van der Waals surface area contributed by atoms with Crippen molar-refractivity contribution in [3.05, 3.63) is 32.6 Å². The Balaban J connectivity index is 1.80. The quantitative estimate of drug-likeness (QED) is 0.754. The van der Waals surface area contributed by atoms with Gasteiger partial charge in [-0.2, -0.15) is 0 Å². The van der Waals surface area contributed by atoms with Crippen LogP contribution in [0, 0.1) is 5.41 Å². The fraction of sp³-hybridized carbons (Fsp3) is 0.688. The van der Waals surface area contributed by atoms with Crippen molar-refractivity contribution in [2.24, 2.45) is 19.5 Å². The third-order valence-electron chi connectivity index (χ3n) is 5.75. The van der Waals surface area contributed by atoms with Crippen LogP contribution in [0.3, 0.4) is 0 Å². The van der Waals surface area contributed by atoms with E-state index in [2.05, 4.69) is 0 Å². The van der Waals surface area contributed by atoms with Gasteiger partial charge in [-0.1, -0.05) is 0 Å². The Hall–Kier alpha value is -1.93. The Kier molecular flexibility index (Phi) is 4.13. The van der Waals surface area contributed by atoms with E-state index in [1.165, 1.54) is 24.7 Å². The number of amides is 1. The van der Waals surface area contributed by atoms with Crippen LogP contribution in [0.1, 0.15) is 29.8 Å². The highest BCUT2D eigenvalue weighted by Crippen LogP contribution is 2.50. The molecule has 1 saturated carbocycles. The average molecular weight is 337 g/mol. The maximum Gasteiger partial charge on any atom is 0.331 e. The number of nitrogens with zero attached hydrogens (tertiary/aromatic N) is 3. The van der Waals surface area contributed by atoms with Gasteiger partial charge < -0.3 is 14.7 Å². The Morgan fingerprint density at radius 2 is 1.88 bits per heavy atom. The summed E-state index contributed by atoms with van der Waals surface area (Å²) in [6.07, 6.45) is 1.56. The lowest BCUT2D eigenvalue weighted by Crippen LogP contribution is -2.62. The molecule has 2 fully saturated rings. The molecule has 8 nitrogen and oxygen atoms in total. The zero-order valence-corrected chi connectivity index (χ0v) is 14.2. The lowest BCUT2D eigenvalue weighted by molar-refractivity contribution is -0.199. The van der Waals surface area contributed by atoms with Gasteiger partial charge in [-0.15, -0.1) is 0 Å². The summed E-state index contributed by atoms with van der Waals surface area (Å²) in [6, 6.07) is 1.20. The van der Waals surface area contributed by atoms with E-state index in [9.17, 15) is 19.5 Å². The first-order valence-electron chi connectivity index (χ1n) is 8.09. The molecule has 1 N–H and O–H groups in total. The van der Waals surface area contributed by atoms with E-state index in [4.69, 9.17) is 4.74 Å². The zero-order chi connectivity index (χ0) is 17.6. The molecule has 1 spiro atoms. The lowest BCUT2D eigenvalue weighted by Gasteiger charge is -2.56. The van der Waals surface area contributed by atoms with Crippen LogP contribution in [0.25, 0.3) is 0 Å². The number of ether oxygens (including phenoxy) is 1. The van der Waals surface area contributed by atoms with Gasteiger partial charge in [0.25, 0.3) is 11.5 Å². The first kappa shape index (κ1) is 16.9. The lowest BCUT2D eigenvalue weighted by atomic mass is 9.58. The average Bonchev–Trinajstić information content (AvgIpc) is 2.60. The van der Waals surface area contributed by atoms with Crippen LogP contribution in [0.4, 0.5) is 0 Å². The van der Waals surface area contributed by atoms with Crippen LogP contribution in [0.15, 0.2) is 15.7 Å². The van der Waals surface area contributed by atoms with E-state index in [1.807, 2.05) is 0 Å². The van der Waals surface area contributed by atoms with Crippen LogP contribution < -0.4 is 11.2 Å². The summed E-state index contributed by atoms with van der Waals surface area (Å²) in [6.45, 7) is 0.943. The van der Waals surface area contributed by atoms with Crippen LogP contribution >= 0.6 is 0 Å². The number of piperidine rings is 1. The van der Waals surface area contributed by atoms with Crippen molar-refractivity contribution in [2.75, 3.05) is 20.2 Å². The van der Waals surface area contributed by atoms with Crippen molar-refractivity contribution >= 4 is 5.91 Å². The van der Waals surface area contributed by atoms with Crippen molar-refractivity contribution in [2.45, 2.75) is 31.5 Å². The topological polar surface area (TPSA) is 93.8 Å². The van der Waals surface area contributed by atoms with Crippen LogP contribution in [0.5, 0.6) is 0 Å². The van der Waals surface area contributed by atoms with Crippen molar-refractivity contribution < 1.29 is 14.6 Å². The molecular weight excluding hydrogens is 314 g/mol. The molecule has 0 unspecified atom stereocenters. The first-order chi connectivity index (χ1) is 11.3. The van der Waals surface area contributed by atoms with Crippen molar-refractivity contribution in [3.63, 3.8) is 0 Å². The first-order valence-corrected chi connectivity index (χ1v) is 8.09. The van der Waals surface area contributed by atoms with Gasteiger partial charge >= 0.3 is 5.69 Å². The minimum Gasteiger partial charge on any atom is -0.392 e. The third-order valence-corrected chi connectivity index (χ3v) is 5.75. The fourth-order valence-corrected chi connectivity index (χ4v) is 3.94. The van der Waals surface area contributed by atoms with Crippen LogP contribution in [-0.2, 0) is 18.8 Å². The number of aliphatic hydroxyl groups is 1. The maximum atomic E-state index is 12.7. The molecule has 1 aliphatic carbocycles. The number of aliphatic hydroxyl groups excluding tert-OH is 1. The van der Waals surface area contributed by atoms with E-state index < -0.39 is 17.4 Å². The molecule has 132 valence electrons. The predicted octanol–water partition coefficient (Wildman–Crippen LogP) is -0.914. The van der Waals surface area contributed by atoms with E-state index in [-0.39, 0.29) is 23.1 Å². The highest BCUT2D eigenvalue weighted by molar-refractivity contribution is 5.92. The largest absolute Gasteiger partial charge is 0.392 e. The number of rotatable bonds is 2. The summed E-state index contributed by atoms with van der Waals surface area (Å²) in [5, 5.41) is 10.1. The molecular formula is C16H23N3O5. The van der Waals surface area contributed by atoms with Crippen molar-refractivity contribution in [1.82, 2.24) is 14.0 Å². The molecule has 24 heavy (non-hydrogen) atoms. The Morgan fingerprint density at radius 1 is 1.25 bits per heavy atom. The third kappa shape index (κ3) is 2.32. The molecule has 2 aliphatic rings. The Morgan fingerprint density at radius 3 is 2.42 bits per heavy atom. The standard InChI is InChI=1S/C16H23N3O5/c1-17-10(8-13(21)18(2)15(17)23)14(22)19-6-4-16(5-7-19)11(20)9-12(16)24-3/h8,11-12,20H,4-7,9H2,1-3H3/t11-,12+/m1/s1. The molecule has 1 aromatic heterocycles. The van der Waals surface area contributed by atoms with Gasteiger partial charge in [0.05, 0.1) is 12.2 Å². The Labute approximate surface area is 139 Å². The van der Waals surface area contributed by atoms with E-state index in [0.29, 0.717) is 32.4 Å². The highest BCUT2D eigenvalue weighted by Gasteiger charge is 2.56. The fourth-order valence-electron chi connectivity index (χ4n) is 3.94. The molecule has 1 aromatic rings. The second kappa shape index (κ2) is 5.86. The smallest absolute Gasteiger partial charge is 0.331 e. The monoisotopic (exact) mass is 337 g/mol. The normalized spacial score (nSPS) is 25.6. The van der Waals surface area contributed by atoms with Crippen LogP contribution in [0.2, 0.25) is 0 Å². The maximum absolute atomic E-state index is 12.7. The second-order valence-electron chi connectivity index (χ2n) is 6.77. The van der Waals surface area contributed by atoms with Gasteiger partial charge in [-0.25, -0.2) is 4.79 Å². The number of aromatic nitrogens is 2. The second-order valence-corrected chi connectivity index (χ2v) is 6.77. The van der Waals surface area contributed by atoms with E-state index >= 15 is 0 Å². The van der Waals surface area contributed by atoms with Crippen LogP contribution in [-0.4, -0.2) is 57.5 Å². The summed E-state index contributed by atoms with van der Waals surface area (Å²) < 4.78 is 7.61. The summed E-state index contributed by atoms with van der Waals surface area (Å²) in [4.78, 5) is 38.1. The van der Waals surface area contributed by atoms with Gasteiger partial charge in [-0.05, 0) is 12.8 Å². The SMILES string of the molecule is CO[C@H]1C[C@@H](O)C12CCN(C(=O)c1cc(=O)n(C)c(=O)n1C)CC2. The summed E-state index contributed by atoms with van der Waals surface area (Å²) in [7, 11) is 4.51. The van der Waals surface area contributed by atoms with E-state index in [0.717, 1.165) is 4.57 Å². The molecule has 2 heterocycles. The Bertz CT molecular complexity index is 773. The summed E-state index contributed by atoms with van der Waals surface area (Å²) in [5.41, 5.74) is -1.20. The summed E-state index contributed by atoms with van der Waals surface area (Å²) >= 11 is 0. The molecule has 1 amide bonds. The predicted molar refractivity (Wildman–Crippen MR) is 85.9 cm³/mol. The molecule has 0 aromatic carbocycles. The van der Waals surface area contributed by atoms with Gasteiger partial charge in [-0.3, -0.25) is 18.7 Å². The molecule has 2 atom stereocenters. The van der Waals surface area contributed by atoms with Gasteiger partial charge in [0.1, 0.15) is 5.69 Å². The molecule has 0 radical (unpaired) electrons. The molecule has 8 heteroatoms. The molecule has 1 saturated heterocycles. The minimum absolute atomic E-state index is 0.0260. The number of carbonyl (C=O) groups excluding carboxylic acids is 1. The number of methoxy groups -OCH3 is 1. The van der Waals surface area contributed by atoms with Gasteiger partial charge in [0.2, 0.25) is 0 Å². The molecule has 1 aliphatic heterocycles. The summed E-state index contributed by atoms with van der Waals surface area (Å²) in [5.74, 6) is -0.329. The number of hydrogen-bond acceptors (Lipinski definition) is 5. The highest BCUT2D eigenvalue weighted by atomic mass is 16.5. The minimum atomic E-state index is -0.520. The number of likely N-dealkylation sites (tertiary alicyclic amines) is 1. The van der Waals surface area contributed by atoms with Crippen molar-refractivity contribution in [3.8, 4) is 0 Å². The molecule has 3 rings (SSSR count). The van der Waals surface area contributed by atoms with E-state index in [1.54, 1.807) is 12.0 Å².